The number of terminal acetylenes is 1. The summed E-state index contributed by atoms with van der Waals surface area (Å²) in [6.07, 6.45) is 5.27. The summed E-state index contributed by atoms with van der Waals surface area (Å²) in [4.78, 5) is 23.0. The minimum atomic E-state index is -0.362. The van der Waals surface area contributed by atoms with Gasteiger partial charge in [-0.2, -0.15) is 0 Å². The van der Waals surface area contributed by atoms with E-state index < -0.39 is 0 Å². The quantitative estimate of drug-likeness (QED) is 0.536. The van der Waals surface area contributed by atoms with Gasteiger partial charge in [0.2, 0.25) is 11.8 Å². The lowest BCUT2D eigenvalue weighted by Crippen LogP contribution is -2.35. The van der Waals surface area contributed by atoms with E-state index in [0.717, 1.165) is 0 Å². The van der Waals surface area contributed by atoms with Gasteiger partial charge in [0.05, 0.1) is 19.8 Å². The Morgan fingerprint density at radius 3 is 2.81 bits per heavy atom. The Morgan fingerprint density at radius 1 is 1.29 bits per heavy atom. The third-order valence-corrected chi connectivity index (χ3v) is 2.42. The van der Waals surface area contributed by atoms with Crippen LogP contribution in [0.15, 0.2) is 24.3 Å². The molecule has 1 rings (SSSR count). The summed E-state index contributed by atoms with van der Waals surface area (Å²) in [6, 6.07) is 6.89. The highest BCUT2D eigenvalue weighted by Gasteiger charge is 2.06. The molecule has 0 aromatic heterocycles. The second-order valence-corrected chi connectivity index (χ2v) is 4.10. The van der Waals surface area contributed by atoms with Gasteiger partial charge in [0.1, 0.15) is 6.61 Å². The Morgan fingerprint density at radius 2 is 2.10 bits per heavy atom. The molecule has 0 bridgehead atoms. The zero-order chi connectivity index (χ0) is 15.5. The van der Waals surface area contributed by atoms with Gasteiger partial charge >= 0.3 is 0 Å². The van der Waals surface area contributed by atoms with Crippen LogP contribution in [0.25, 0.3) is 0 Å². The van der Waals surface area contributed by atoms with Gasteiger partial charge in [-0.3, -0.25) is 9.59 Å². The minimum absolute atomic E-state index is 0.108. The van der Waals surface area contributed by atoms with Crippen LogP contribution in [-0.4, -0.2) is 45.3 Å². The number of anilines is 1. The van der Waals surface area contributed by atoms with Crippen LogP contribution in [-0.2, 0) is 19.1 Å². The Kier molecular flexibility index (Phi) is 7.58. The maximum absolute atomic E-state index is 11.7. The van der Waals surface area contributed by atoms with Gasteiger partial charge in [-0.05, 0) is 18.2 Å². The highest BCUT2D eigenvalue weighted by atomic mass is 16.5. The maximum atomic E-state index is 11.7. The van der Waals surface area contributed by atoms with Crippen molar-refractivity contribution in [1.82, 2.24) is 5.32 Å². The zero-order valence-corrected chi connectivity index (χ0v) is 11.8. The number of hydrogen-bond donors (Lipinski definition) is 2. The summed E-state index contributed by atoms with van der Waals surface area (Å²) < 4.78 is 9.80. The Hall–Kier alpha value is -2.36. The molecular formula is C15H18N2O4. The SMILES string of the molecule is C#Cc1cccc(NC(=O)CNC(=O)COCCOC)c1. The van der Waals surface area contributed by atoms with Crippen molar-refractivity contribution < 1.29 is 19.1 Å². The van der Waals surface area contributed by atoms with Crippen LogP contribution >= 0.6 is 0 Å². The second-order valence-electron chi connectivity index (χ2n) is 4.10. The molecule has 112 valence electrons. The van der Waals surface area contributed by atoms with Crippen molar-refractivity contribution in [3.8, 4) is 12.3 Å². The molecule has 0 radical (unpaired) electrons. The molecule has 0 atom stereocenters. The van der Waals surface area contributed by atoms with Crippen molar-refractivity contribution >= 4 is 17.5 Å². The van der Waals surface area contributed by atoms with Crippen molar-refractivity contribution in [3.05, 3.63) is 29.8 Å². The van der Waals surface area contributed by atoms with Gasteiger partial charge in [-0.1, -0.05) is 12.0 Å². The van der Waals surface area contributed by atoms with Crippen molar-refractivity contribution in [3.63, 3.8) is 0 Å². The molecule has 0 spiro atoms. The maximum Gasteiger partial charge on any atom is 0.246 e. The second kappa shape index (κ2) is 9.53. The highest BCUT2D eigenvalue weighted by Crippen LogP contribution is 2.09. The summed E-state index contributed by atoms with van der Waals surface area (Å²) in [5, 5.41) is 5.09. The molecule has 0 saturated heterocycles. The largest absolute Gasteiger partial charge is 0.382 e. The number of amides is 2. The van der Waals surface area contributed by atoms with E-state index in [1.54, 1.807) is 31.4 Å². The smallest absolute Gasteiger partial charge is 0.246 e. The topological polar surface area (TPSA) is 76.7 Å². The number of benzene rings is 1. The third-order valence-electron chi connectivity index (χ3n) is 2.42. The molecule has 2 amide bonds. The van der Waals surface area contributed by atoms with E-state index in [-0.39, 0.29) is 25.0 Å². The first kappa shape index (κ1) is 16.7. The fraction of sp³-hybridized carbons (Fsp3) is 0.333. The van der Waals surface area contributed by atoms with Gasteiger partial charge in [0.25, 0.3) is 0 Å². The lowest BCUT2D eigenvalue weighted by molar-refractivity contribution is -0.128. The predicted molar refractivity (Wildman–Crippen MR) is 78.7 cm³/mol. The van der Waals surface area contributed by atoms with E-state index in [1.807, 2.05) is 0 Å². The van der Waals surface area contributed by atoms with Crippen LogP contribution < -0.4 is 10.6 Å². The Bertz CT molecular complexity index is 523. The summed E-state index contributed by atoms with van der Waals surface area (Å²) >= 11 is 0. The number of hydrogen-bond acceptors (Lipinski definition) is 4. The number of nitrogens with one attached hydrogen (secondary N) is 2. The van der Waals surface area contributed by atoms with Gasteiger partial charge in [-0.25, -0.2) is 0 Å². The van der Waals surface area contributed by atoms with E-state index >= 15 is 0 Å². The van der Waals surface area contributed by atoms with Gasteiger partial charge in [0, 0.05) is 18.4 Å². The van der Waals surface area contributed by atoms with Crippen molar-refractivity contribution in [2.75, 3.05) is 38.8 Å². The monoisotopic (exact) mass is 290 g/mol. The summed E-state index contributed by atoms with van der Waals surface area (Å²) in [5.41, 5.74) is 1.25. The average Bonchev–Trinajstić information content (AvgIpc) is 2.50. The molecule has 6 nitrogen and oxygen atoms in total. The van der Waals surface area contributed by atoms with Crippen LogP contribution in [0.3, 0.4) is 0 Å². The van der Waals surface area contributed by atoms with E-state index in [1.165, 1.54) is 0 Å². The van der Waals surface area contributed by atoms with Crippen LogP contribution in [0.5, 0.6) is 0 Å². The first-order chi connectivity index (χ1) is 10.2. The minimum Gasteiger partial charge on any atom is -0.382 e. The van der Waals surface area contributed by atoms with E-state index in [4.69, 9.17) is 15.9 Å². The van der Waals surface area contributed by atoms with Gasteiger partial charge < -0.3 is 20.1 Å². The van der Waals surface area contributed by atoms with Gasteiger partial charge in [-0.15, -0.1) is 6.42 Å². The molecule has 0 aliphatic heterocycles. The van der Waals surface area contributed by atoms with Crippen LogP contribution in [0.1, 0.15) is 5.56 Å². The molecule has 6 heteroatoms. The molecule has 2 N–H and O–H groups in total. The Balaban J connectivity index is 2.27. The molecule has 0 fully saturated rings. The number of carbonyl (C=O) groups excluding carboxylic acids is 2. The molecule has 0 aliphatic rings. The third kappa shape index (κ3) is 7.11. The number of methoxy groups -OCH3 is 1. The van der Waals surface area contributed by atoms with Crippen LogP contribution in [0, 0.1) is 12.3 Å². The van der Waals surface area contributed by atoms with Crippen LogP contribution in [0.4, 0.5) is 5.69 Å². The predicted octanol–water partition coefficient (Wildman–Crippen LogP) is 0.386. The summed E-state index contributed by atoms with van der Waals surface area (Å²) in [6.45, 7) is 0.504. The number of rotatable bonds is 8. The van der Waals surface area contributed by atoms with Crippen molar-refractivity contribution in [2.45, 2.75) is 0 Å². The highest BCUT2D eigenvalue weighted by molar-refractivity contribution is 5.94. The van der Waals surface area contributed by atoms with Gasteiger partial charge in [0.15, 0.2) is 0 Å². The first-order valence-corrected chi connectivity index (χ1v) is 6.35. The van der Waals surface area contributed by atoms with Crippen molar-refractivity contribution in [2.24, 2.45) is 0 Å². The fourth-order valence-corrected chi connectivity index (χ4v) is 1.43. The number of ether oxygens (including phenoxy) is 2. The Labute approximate surface area is 123 Å². The van der Waals surface area contributed by atoms with E-state index in [9.17, 15) is 9.59 Å². The molecule has 21 heavy (non-hydrogen) atoms. The standard InChI is InChI=1S/C15H18N2O4/c1-3-12-5-4-6-13(9-12)17-14(18)10-16-15(19)11-21-8-7-20-2/h1,4-6,9H,7-8,10-11H2,2H3,(H,16,19)(H,17,18). The van der Waals surface area contributed by atoms with E-state index in [0.29, 0.717) is 24.5 Å². The first-order valence-electron chi connectivity index (χ1n) is 6.35. The van der Waals surface area contributed by atoms with Crippen molar-refractivity contribution in [1.29, 1.82) is 0 Å². The van der Waals surface area contributed by atoms with Crippen LogP contribution in [0.2, 0.25) is 0 Å². The molecule has 0 unspecified atom stereocenters. The number of carbonyl (C=O) groups is 2. The normalized spacial score (nSPS) is 9.71. The fourth-order valence-electron chi connectivity index (χ4n) is 1.43. The molecule has 1 aromatic carbocycles. The van der Waals surface area contributed by atoms with E-state index in [2.05, 4.69) is 16.6 Å². The molecule has 0 saturated carbocycles. The molecule has 0 aliphatic carbocycles. The summed E-state index contributed by atoms with van der Waals surface area (Å²) in [5.74, 6) is 1.78. The molecule has 1 aromatic rings. The average molecular weight is 290 g/mol. The molecular weight excluding hydrogens is 272 g/mol. The zero-order valence-electron chi connectivity index (χ0n) is 11.8. The molecule has 0 heterocycles. The summed E-state index contributed by atoms with van der Waals surface area (Å²) in [7, 11) is 1.54. The lowest BCUT2D eigenvalue weighted by atomic mass is 10.2. The lowest BCUT2D eigenvalue weighted by Gasteiger charge is -2.07.